The van der Waals surface area contributed by atoms with E-state index in [0.29, 0.717) is 11.4 Å². The zero-order chi connectivity index (χ0) is 16.8. The Labute approximate surface area is 133 Å². The van der Waals surface area contributed by atoms with Gasteiger partial charge in [-0.05, 0) is 36.8 Å². The molecule has 0 saturated carbocycles. The van der Waals surface area contributed by atoms with Crippen LogP contribution >= 0.6 is 0 Å². The number of carboxylic acids is 1. The van der Waals surface area contributed by atoms with Crippen LogP contribution in [-0.4, -0.2) is 30.7 Å². The van der Waals surface area contributed by atoms with Crippen LogP contribution in [0.5, 0.6) is 11.5 Å². The lowest BCUT2D eigenvalue weighted by Crippen LogP contribution is -2.21. The summed E-state index contributed by atoms with van der Waals surface area (Å²) < 4.78 is 10.5. The van der Waals surface area contributed by atoms with Gasteiger partial charge in [0.25, 0.3) is 5.91 Å². The normalized spacial score (nSPS) is 10.0. The van der Waals surface area contributed by atoms with E-state index in [1.54, 1.807) is 36.4 Å². The number of nitrogens with one attached hydrogen (secondary N) is 1. The fraction of sp³-hybridized carbons (Fsp3) is 0.176. The van der Waals surface area contributed by atoms with Gasteiger partial charge in [0.2, 0.25) is 0 Å². The number of hydrogen-bond acceptors (Lipinski definition) is 4. The van der Waals surface area contributed by atoms with Crippen molar-refractivity contribution in [2.75, 3.05) is 19.0 Å². The number of aromatic carboxylic acids is 1. The molecule has 23 heavy (non-hydrogen) atoms. The highest BCUT2D eigenvalue weighted by molar-refractivity contribution is 5.94. The fourth-order valence-corrected chi connectivity index (χ4v) is 2.00. The number of rotatable bonds is 6. The molecule has 0 unspecified atom stereocenters. The molecular formula is C17H17NO5. The van der Waals surface area contributed by atoms with Crippen molar-refractivity contribution < 1.29 is 24.2 Å². The molecule has 0 aliphatic heterocycles. The van der Waals surface area contributed by atoms with E-state index in [9.17, 15) is 9.59 Å². The molecule has 1 amide bonds. The van der Waals surface area contributed by atoms with E-state index in [1.807, 2.05) is 6.92 Å². The quantitative estimate of drug-likeness (QED) is 0.856. The number of methoxy groups -OCH3 is 1. The summed E-state index contributed by atoms with van der Waals surface area (Å²) >= 11 is 0. The molecule has 0 spiro atoms. The second kappa shape index (κ2) is 7.31. The fourth-order valence-electron chi connectivity index (χ4n) is 2.00. The largest absolute Gasteiger partial charge is 0.495 e. The molecule has 0 saturated heterocycles. The predicted molar refractivity (Wildman–Crippen MR) is 85.3 cm³/mol. The van der Waals surface area contributed by atoms with Gasteiger partial charge in [-0.3, -0.25) is 4.79 Å². The summed E-state index contributed by atoms with van der Waals surface area (Å²) in [6.45, 7) is 1.51. The van der Waals surface area contributed by atoms with Crippen molar-refractivity contribution in [1.82, 2.24) is 0 Å². The molecule has 0 aliphatic rings. The monoisotopic (exact) mass is 315 g/mol. The highest BCUT2D eigenvalue weighted by atomic mass is 16.5. The molecule has 0 heterocycles. The summed E-state index contributed by atoms with van der Waals surface area (Å²) in [5.74, 6) is -0.826. The predicted octanol–water partition coefficient (Wildman–Crippen LogP) is 2.72. The third-order valence-electron chi connectivity index (χ3n) is 3.11. The summed E-state index contributed by atoms with van der Waals surface area (Å²) in [7, 11) is 1.51. The molecule has 2 aromatic carbocycles. The molecule has 2 rings (SSSR count). The SMILES string of the molecule is COc1ccccc1NC(=O)COc1cc(C)ccc1C(=O)O. The number of aryl methyl sites for hydroxylation is 1. The van der Waals surface area contributed by atoms with Gasteiger partial charge in [-0.15, -0.1) is 0 Å². The zero-order valence-corrected chi connectivity index (χ0v) is 12.8. The number of ether oxygens (including phenoxy) is 2. The van der Waals surface area contributed by atoms with Gasteiger partial charge in [0.15, 0.2) is 6.61 Å². The molecule has 0 aromatic heterocycles. The Morgan fingerprint density at radius 1 is 1.13 bits per heavy atom. The summed E-state index contributed by atoms with van der Waals surface area (Å²) in [6, 6.07) is 11.7. The topological polar surface area (TPSA) is 84.9 Å². The van der Waals surface area contributed by atoms with Crippen LogP contribution in [0.3, 0.4) is 0 Å². The lowest BCUT2D eigenvalue weighted by Gasteiger charge is -2.12. The van der Waals surface area contributed by atoms with E-state index in [1.165, 1.54) is 13.2 Å². The number of anilines is 1. The number of benzene rings is 2. The molecule has 2 aromatic rings. The van der Waals surface area contributed by atoms with Crippen LogP contribution in [0.2, 0.25) is 0 Å². The van der Waals surface area contributed by atoms with Gasteiger partial charge < -0.3 is 19.9 Å². The van der Waals surface area contributed by atoms with Gasteiger partial charge in [0.1, 0.15) is 17.1 Å². The van der Waals surface area contributed by atoms with Gasteiger partial charge in [0.05, 0.1) is 12.8 Å². The highest BCUT2D eigenvalue weighted by Gasteiger charge is 2.13. The molecule has 120 valence electrons. The minimum Gasteiger partial charge on any atom is -0.495 e. The number of amides is 1. The van der Waals surface area contributed by atoms with E-state index in [4.69, 9.17) is 14.6 Å². The smallest absolute Gasteiger partial charge is 0.339 e. The standard InChI is InChI=1S/C17H17NO5/c1-11-7-8-12(17(20)21)15(9-11)23-10-16(19)18-13-5-3-4-6-14(13)22-2/h3-9H,10H2,1-2H3,(H,18,19)(H,20,21). The third-order valence-corrected chi connectivity index (χ3v) is 3.11. The van der Waals surface area contributed by atoms with E-state index >= 15 is 0 Å². The van der Waals surface area contributed by atoms with Crippen molar-refractivity contribution in [1.29, 1.82) is 0 Å². The van der Waals surface area contributed by atoms with Gasteiger partial charge in [-0.2, -0.15) is 0 Å². The van der Waals surface area contributed by atoms with Crippen molar-refractivity contribution in [3.63, 3.8) is 0 Å². The van der Waals surface area contributed by atoms with Crippen molar-refractivity contribution >= 4 is 17.6 Å². The first-order valence-electron chi connectivity index (χ1n) is 6.91. The maximum atomic E-state index is 12.0. The van der Waals surface area contributed by atoms with E-state index in [0.717, 1.165) is 5.56 Å². The molecule has 6 nitrogen and oxygen atoms in total. The van der Waals surface area contributed by atoms with Crippen LogP contribution < -0.4 is 14.8 Å². The Bertz CT molecular complexity index is 727. The first kappa shape index (κ1) is 16.4. The van der Waals surface area contributed by atoms with Crippen molar-refractivity contribution in [3.8, 4) is 11.5 Å². The Morgan fingerprint density at radius 2 is 1.87 bits per heavy atom. The van der Waals surface area contributed by atoms with E-state index in [-0.39, 0.29) is 17.9 Å². The second-order valence-corrected chi connectivity index (χ2v) is 4.84. The van der Waals surface area contributed by atoms with Crippen molar-refractivity contribution in [3.05, 3.63) is 53.6 Å². The van der Waals surface area contributed by atoms with Gasteiger partial charge in [-0.1, -0.05) is 18.2 Å². The average molecular weight is 315 g/mol. The molecule has 0 radical (unpaired) electrons. The number of hydrogen-bond donors (Lipinski definition) is 2. The highest BCUT2D eigenvalue weighted by Crippen LogP contribution is 2.23. The number of carbonyl (C=O) groups is 2. The third kappa shape index (κ3) is 4.23. The maximum absolute atomic E-state index is 12.0. The van der Waals surface area contributed by atoms with Crippen LogP contribution in [0.15, 0.2) is 42.5 Å². The van der Waals surface area contributed by atoms with E-state index < -0.39 is 11.9 Å². The van der Waals surface area contributed by atoms with Crippen LogP contribution in [0.4, 0.5) is 5.69 Å². The minimum absolute atomic E-state index is 0.0145. The first-order chi connectivity index (χ1) is 11.0. The summed E-state index contributed by atoms with van der Waals surface area (Å²) in [5, 5.41) is 11.8. The molecule has 0 aliphatic carbocycles. The molecular weight excluding hydrogens is 298 g/mol. The first-order valence-corrected chi connectivity index (χ1v) is 6.91. The lowest BCUT2D eigenvalue weighted by molar-refractivity contribution is -0.118. The second-order valence-electron chi connectivity index (χ2n) is 4.84. The summed E-state index contributed by atoms with van der Waals surface area (Å²) in [6.07, 6.45) is 0. The van der Waals surface area contributed by atoms with Gasteiger partial charge >= 0.3 is 5.97 Å². The molecule has 0 atom stereocenters. The zero-order valence-electron chi connectivity index (χ0n) is 12.8. The Balaban J connectivity index is 2.05. The Kier molecular flexibility index (Phi) is 5.19. The van der Waals surface area contributed by atoms with Gasteiger partial charge in [-0.25, -0.2) is 4.79 Å². The van der Waals surface area contributed by atoms with E-state index in [2.05, 4.69) is 5.32 Å². The number of para-hydroxylation sites is 2. The Morgan fingerprint density at radius 3 is 2.57 bits per heavy atom. The Hall–Kier alpha value is -3.02. The molecule has 0 bridgehead atoms. The molecule has 2 N–H and O–H groups in total. The average Bonchev–Trinajstić information content (AvgIpc) is 2.53. The minimum atomic E-state index is -1.11. The number of carbonyl (C=O) groups excluding carboxylic acids is 1. The summed E-state index contributed by atoms with van der Waals surface area (Å²) in [5.41, 5.74) is 1.38. The van der Waals surface area contributed by atoms with Crippen molar-refractivity contribution in [2.24, 2.45) is 0 Å². The van der Waals surface area contributed by atoms with Crippen LogP contribution in [0.25, 0.3) is 0 Å². The lowest BCUT2D eigenvalue weighted by atomic mass is 10.1. The van der Waals surface area contributed by atoms with Crippen molar-refractivity contribution in [2.45, 2.75) is 6.92 Å². The van der Waals surface area contributed by atoms with Gasteiger partial charge in [0, 0.05) is 0 Å². The maximum Gasteiger partial charge on any atom is 0.339 e. The van der Waals surface area contributed by atoms with Crippen LogP contribution in [0, 0.1) is 6.92 Å². The summed E-state index contributed by atoms with van der Waals surface area (Å²) in [4.78, 5) is 23.1. The van der Waals surface area contributed by atoms with Crippen LogP contribution in [0.1, 0.15) is 15.9 Å². The molecule has 0 fully saturated rings. The molecule has 6 heteroatoms. The number of carboxylic acid groups (broad SMARTS) is 1. The van der Waals surface area contributed by atoms with Crippen LogP contribution in [-0.2, 0) is 4.79 Å².